The van der Waals surface area contributed by atoms with Crippen LogP contribution < -0.4 is 5.32 Å². The van der Waals surface area contributed by atoms with E-state index in [0.29, 0.717) is 18.0 Å². The molecule has 1 amide bonds. The standard InChI is InChI=1S/C15H20N4O2/c1-9(2)14-17-13-5-4-12(7-19(13)18-14)16-15(20)11-6-10(3)21-8-11/h6,8-9,12H,4-5,7H2,1-3H3,(H,16,20). The minimum atomic E-state index is -0.0931. The number of nitrogens with one attached hydrogen (secondary N) is 1. The van der Waals surface area contributed by atoms with Crippen molar-refractivity contribution >= 4 is 5.91 Å². The lowest BCUT2D eigenvalue weighted by Gasteiger charge is -2.23. The second-order valence-corrected chi connectivity index (χ2v) is 5.88. The molecular weight excluding hydrogens is 268 g/mol. The van der Waals surface area contributed by atoms with E-state index >= 15 is 0 Å². The topological polar surface area (TPSA) is 73.0 Å². The monoisotopic (exact) mass is 288 g/mol. The molecule has 0 fully saturated rings. The number of carbonyl (C=O) groups excluding carboxylic acids is 1. The van der Waals surface area contributed by atoms with Crippen molar-refractivity contribution in [2.45, 2.75) is 52.1 Å². The first kappa shape index (κ1) is 13.9. The molecule has 21 heavy (non-hydrogen) atoms. The Kier molecular flexibility index (Phi) is 3.53. The largest absolute Gasteiger partial charge is 0.469 e. The van der Waals surface area contributed by atoms with Crippen molar-refractivity contribution in [2.24, 2.45) is 0 Å². The van der Waals surface area contributed by atoms with E-state index in [1.807, 2.05) is 11.6 Å². The van der Waals surface area contributed by atoms with Crippen LogP contribution in [0.15, 0.2) is 16.7 Å². The molecule has 112 valence electrons. The molecule has 0 radical (unpaired) electrons. The van der Waals surface area contributed by atoms with Gasteiger partial charge in [0.2, 0.25) is 0 Å². The summed E-state index contributed by atoms with van der Waals surface area (Å²) in [4.78, 5) is 16.7. The van der Waals surface area contributed by atoms with Crippen molar-refractivity contribution in [3.05, 3.63) is 35.3 Å². The average Bonchev–Trinajstić information content (AvgIpc) is 3.04. The summed E-state index contributed by atoms with van der Waals surface area (Å²) in [5.74, 6) is 2.87. The Bertz CT molecular complexity index is 656. The second kappa shape index (κ2) is 5.35. The van der Waals surface area contributed by atoms with Crippen LogP contribution in [-0.2, 0) is 13.0 Å². The van der Waals surface area contributed by atoms with Gasteiger partial charge in [-0.25, -0.2) is 9.67 Å². The van der Waals surface area contributed by atoms with Gasteiger partial charge in [-0.1, -0.05) is 13.8 Å². The molecule has 1 N–H and O–H groups in total. The summed E-state index contributed by atoms with van der Waals surface area (Å²) in [6, 6.07) is 1.83. The van der Waals surface area contributed by atoms with Crippen LogP contribution in [-0.4, -0.2) is 26.7 Å². The fourth-order valence-corrected chi connectivity index (χ4v) is 2.52. The van der Waals surface area contributed by atoms with Crippen molar-refractivity contribution in [1.29, 1.82) is 0 Å². The van der Waals surface area contributed by atoms with Gasteiger partial charge in [0.25, 0.3) is 5.91 Å². The molecule has 2 aromatic heterocycles. The summed E-state index contributed by atoms with van der Waals surface area (Å²) in [6.07, 6.45) is 3.22. The minimum absolute atomic E-state index is 0.0851. The third-order valence-electron chi connectivity index (χ3n) is 3.72. The SMILES string of the molecule is Cc1cc(C(=O)NC2CCc3nc(C(C)C)nn3C2)co1. The number of fused-ring (bicyclic) bond motifs is 1. The van der Waals surface area contributed by atoms with Crippen LogP contribution in [0.2, 0.25) is 0 Å². The number of rotatable bonds is 3. The molecule has 0 bridgehead atoms. The van der Waals surface area contributed by atoms with Crippen molar-refractivity contribution in [3.8, 4) is 0 Å². The Morgan fingerprint density at radius 1 is 1.52 bits per heavy atom. The predicted molar refractivity (Wildman–Crippen MR) is 77.1 cm³/mol. The molecular formula is C15H20N4O2. The predicted octanol–water partition coefficient (Wildman–Crippen LogP) is 2.05. The summed E-state index contributed by atoms with van der Waals surface area (Å²) in [6.45, 7) is 6.67. The smallest absolute Gasteiger partial charge is 0.254 e. The maximum absolute atomic E-state index is 12.1. The summed E-state index contributed by atoms with van der Waals surface area (Å²) in [5.41, 5.74) is 0.569. The van der Waals surface area contributed by atoms with Gasteiger partial charge in [0.05, 0.1) is 12.1 Å². The summed E-state index contributed by atoms with van der Waals surface area (Å²) in [7, 11) is 0. The highest BCUT2D eigenvalue weighted by Crippen LogP contribution is 2.17. The number of furan rings is 1. The summed E-state index contributed by atoms with van der Waals surface area (Å²) in [5, 5.41) is 7.56. The van der Waals surface area contributed by atoms with Crippen LogP contribution in [0.4, 0.5) is 0 Å². The number of amides is 1. The van der Waals surface area contributed by atoms with Crippen molar-refractivity contribution in [1.82, 2.24) is 20.1 Å². The quantitative estimate of drug-likeness (QED) is 0.938. The molecule has 0 saturated heterocycles. The van der Waals surface area contributed by atoms with Crippen LogP contribution in [0.1, 0.15) is 54.0 Å². The van der Waals surface area contributed by atoms with Crippen LogP contribution >= 0.6 is 0 Å². The van der Waals surface area contributed by atoms with Crippen LogP contribution in [0.25, 0.3) is 0 Å². The lowest BCUT2D eigenvalue weighted by Crippen LogP contribution is -2.41. The number of aryl methyl sites for hydroxylation is 2. The lowest BCUT2D eigenvalue weighted by atomic mass is 10.1. The van der Waals surface area contributed by atoms with Crippen molar-refractivity contribution in [2.75, 3.05) is 0 Å². The van der Waals surface area contributed by atoms with E-state index in [1.165, 1.54) is 6.26 Å². The fourth-order valence-electron chi connectivity index (χ4n) is 2.52. The lowest BCUT2D eigenvalue weighted by molar-refractivity contribution is 0.0925. The molecule has 6 nitrogen and oxygen atoms in total. The van der Waals surface area contributed by atoms with Crippen LogP contribution in [0.5, 0.6) is 0 Å². The molecule has 3 rings (SSSR count). The van der Waals surface area contributed by atoms with Crippen LogP contribution in [0, 0.1) is 6.92 Å². The van der Waals surface area contributed by atoms with Gasteiger partial charge < -0.3 is 9.73 Å². The molecule has 6 heteroatoms. The molecule has 0 spiro atoms. The van der Waals surface area contributed by atoms with Gasteiger partial charge in [-0.2, -0.15) is 5.10 Å². The van der Waals surface area contributed by atoms with Crippen molar-refractivity contribution in [3.63, 3.8) is 0 Å². The van der Waals surface area contributed by atoms with Crippen LogP contribution in [0.3, 0.4) is 0 Å². The summed E-state index contributed by atoms with van der Waals surface area (Å²) >= 11 is 0. The zero-order valence-corrected chi connectivity index (χ0v) is 12.6. The number of hydrogen-bond donors (Lipinski definition) is 1. The van der Waals surface area contributed by atoms with E-state index in [4.69, 9.17) is 4.42 Å². The van der Waals surface area contributed by atoms with Crippen molar-refractivity contribution < 1.29 is 9.21 Å². The second-order valence-electron chi connectivity index (χ2n) is 5.88. The minimum Gasteiger partial charge on any atom is -0.469 e. The molecule has 1 aliphatic heterocycles. The third-order valence-corrected chi connectivity index (χ3v) is 3.72. The maximum atomic E-state index is 12.1. The van der Waals surface area contributed by atoms with Gasteiger partial charge in [-0.3, -0.25) is 4.79 Å². The molecule has 1 atom stereocenters. The molecule has 0 aliphatic carbocycles. The highest BCUT2D eigenvalue weighted by molar-refractivity contribution is 5.94. The first-order valence-electron chi connectivity index (χ1n) is 7.32. The molecule has 0 aromatic carbocycles. The van der Waals surface area contributed by atoms with E-state index in [1.54, 1.807) is 6.07 Å². The first-order valence-corrected chi connectivity index (χ1v) is 7.32. The summed E-state index contributed by atoms with van der Waals surface area (Å²) < 4.78 is 7.09. The molecule has 3 heterocycles. The Labute approximate surface area is 123 Å². The zero-order chi connectivity index (χ0) is 15.0. The Hall–Kier alpha value is -2.11. The van der Waals surface area contributed by atoms with Gasteiger partial charge in [-0.15, -0.1) is 0 Å². The molecule has 0 saturated carbocycles. The highest BCUT2D eigenvalue weighted by Gasteiger charge is 2.24. The first-order chi connectivity index (χ1) is 10.0. The van der Waals surface area contributed by atoms with Gasteiger partial charge in [0, 0.05) is 18.4 Å². The molecule has 2 aromatic rings. The van der Waals surface area contributed by atoms with E-state index in [0.717, 1.165) is 30.3 Å². The number of aromatic nitrogens is 3. The Morgan fingerprint density at radius 2 is 2.33 bits per heavy atom. The Morgan fingerprint density at radius 3 is 3.00 bits per heavy atom. The molecule has 1 unspecified atom stereocenters. The van der Waals surface area contributed by atoms with E-state index in [9.17, 15) is 4.79 Å². The van der Waals surface area contributed by atoms with Gasteiger partial charge in [-0.05, 0) is 19.4 Å². The molecule has 1 aliphatic rings. The Balaban J connectivity index is 1.67. The number of hydrogen-bond acceptors (Lipinski definition) is 4. The maximum Gasteiger partial charge on any atom is 0.254 e. The normalized spacial score (nSPS) is 17.8. The van der Waals surface area contributed by atoms with E-state index in [2.05, 4.69) is 29.2 Å². The highest BCUT2D eigenvalue weighted by atomic mass is 16.3. The number of carbonyl (C=O) groups is 1. The van der Waals surface area contributed by atoms with Gasteiger partial charge in [0.15, 0.2) is 5.82 Å². The fraction of sp³-hybridized carbons (Fsp3) is 0.533. The zero-order valence-electron chi connectivity index (χ0n) is 12.6. The third kappa shape index (κ3) is 2.84. The van der Waals surface area contributed by atoms with E-state index < -0.39 is 0 Å². The van der Waals surface area contributed by atoms with Gasteiger partial charge >= 0.3 is 0 Å². The van der Waals surface area contributed by atoms with E-state index in [-0.39, 0.29) is 11.9 Å². The average molecular weight is 288 g/mol. The van der Waals surface area contributed by atoms with Gasteiger partial charge in [0.1, 0.15) is 17.8 Å². The number of nitrogens with zero attached hydrogens (tertiary/aromatic N) is 3.